The minimum atomic E-state index is -0.453. The van der Waals surface area contributed by atoms with Crippen molar-refractivity contribution in [1.29, 1.82) is 0 Å². The lowest BCUT2D eigenvalue weighted by molar-refractivity contribution is -0.125. The Kier molecular flexibility index (Phi) is 6.65. The Labute approximate surface area is 183 Å². The van der Waals surface area contributed by atoms with Gasteiger partial charge in [-0.3, -0.25) is 14.4 Å². The smallest absolute Gasteiger partial charge is 0.254 e. The molecule has 0 radical (unpaired) electrons. The second-order valence-corrected chi connectivity index (χ2v) is 8.35. The molecular formula is C25H29N3O3. The summed E-state index contributed by atoms with van der Waals surface area (Å²) in [5, 5.41) is 5.75. The quantitative estimate of drug-likeness (QED) is 0.707. The molecule has 1 heterocycles. The number of fused-ring (bicyclic) bond motifs is 1. The van der Waals surface area contributed by atoms with Gasteiger partial charge in [0.2, 0.25) is 5.91 Å². The molecular weight excluding hydrogens is 390 g/mol. The van der Waals surface area contributed by atoms with Gasteiger partial charge in [-0.05, 0) is 49.4 Å². The van der Waals surface area contributed by atoms with Crippen molar-refractivity contribution in [3.63, 3.8) is 0 Å². The lowest BCUT2D eigenvalue weighted by Crippen LogP contribution is -2.50. The molecule has 6 nitrogen and oxygen atoms in total. The van der Waals surface area contributed by atoms with Crippen LogP contribution in [0.25, 0.3) is 0 Å². The minimum absolute atomic E-state index is 0.0625. The van der Waals surface area contributed by atoms with Gasteiger partial charge in [-0.1, -0.05) is 49.2 Å². The highest BCUT2D eigenvalue weighted by molar-refractivity contribution is 5.98. The number of likely N-dealkylation sites (tertiary alicyclic amines) is 1. The van der Waals surface area contributed by atoms with E-state index in [2.05, 4.69) is 10.6 Å². The van der Waals surface area contributed by atoms with Crippen molar-refractivity contribution in [2.45, 2.75) is 44.2 Å². The van der Waals surface area contributed by atoms with Crippen molar-refractivity contribution < 1.29 is 14.4 Å². The van der Waals surface area contributed by atoms with Crippen molar-refractivity contribution in [1.82, 2.24) is 15.5 Å². The van der Waals surface area contributed by atoms with Crippen LogP contribution in [-0.4, -0.2) is 47.8 Å². The zero-order valence-corrected chi connectivity index (χ0v) is 17.6. The fraction of sp³-hybridized carbons (Fsp3) is 0.400. The second-order valence-electron chi connectivity index (χ2n) is 8.35. The predicted octanol–water partition coefficient (Wildman–Crippen LogP) is 3.01. The molecule has 4 rings (SSSR count). The van der Waals surface area contributed by atoms with Gasteiger partial charge in [0.15, 0.2) is 0 Å². The van der Waals surface area contributed by atoms with Gasteiger partial charge in [-0.2, -0.15) is 0 Å². The van der Waals surface area contributed by atoms with Crippen LogP contribution in [0.15, 0.2) is 60.7 Å². The highest BCUT2D eigenvalue weighted by Gasteiger charge is 2.47. The van der Waals surface area contributed by atoms with E-state index in [0.29, 0.717) is 36.6 Å². The van der Waals surface area contributed by atoms with Crippen LogP contribution in [0.3, 0.4) is 0 Å². The van der Waals surface area contributed by atoms with Crippen LogP contribution < -0.4 is 10.6 Å². The molecule has 2 aromatic rings. The molecule has 31 heavy (non-hydrogen) atoms. The molecule has 0 spiro atoms. The summed E-state index contributed by atoms with van der Waals surface area (Å²) in [6, 6.07) is 17.9. The fourth-order valence-corrected chi connectivity index (χ4v) is 4.89. The first-order valence-electron chi connectivity index (χ1n) is 11.1. The molecule has 2 fully saturated rings. The van der Waals surface area contributed by atoms with Crippen molar-refractivity contribution in [3.8, 4) is 0 Å². The van der Waals surface area contributed by atoms with Crippen molar-refractivity contribution >= 4 is 17.7 Å². The van der Waals surface area contributed by atoms with Crippen LogP contribution in [-0.2, 0) is 4.79 Å². The summed E-state index contributed by atoms with van der Waals surface area (Å²) in [6.45, 7) is 0.669. The summed E-state index contributed by atoms with van der Waals surface area (Å²) in [5.74, 6) is 0.0257. The van der Waals surface area contributed by atoms with Gasteiger partial charge >= 0.3 is 0 Å². The minimum Gasteiger partial charge on any atom is -0.353 e. The molecule has 0 bridgehead atoms. The molecule has 6 heteroatoms. The van der Waals surface area contributed by atoms with Crippen molar-refractivity contribution in [2.24, 2.45) is 5.92 Å². The first kappa shape index (κ1) is 21.1. The number of hydrogen-bond acceptors (Lipinski definition) is 3. The summed E-state index contributed by atoms with van der Waals surface area (Å²) in [6.07, 6.45) is 5.00. The molecule has 3 atom stereocenters. The topological polar surface area (TPSA) is 78.5 Å². The lowest BCUT2D eigenvalue weighted by atomic mass is 9.84. The number of benzene rings is 2. The summed E-state index contributed by atoms with van der Waals surface area (Å²) in [5.41, 5.74) is 1.22. The first-order valence-corrected chi connectivity index (χ1v) is 11.1. The van der Waals surface area contributed by atoms with E-state index in [9.17, 15) is 14.4 Å². The molecule has 2 N–H and O–H groups in total. The Morgan fingerprint density at radius 1 is 0.806 bits per heavy atom. The van der Waals surface area contributed by atoms with Crippen molar-refractivity contribution in [3.05, 3.63) is 71.8 Å². The summed E-state index contributed by atoms with van der Waals surface area (Å²) in [4.78, 5) is 40.3. The number of rotatable bonds is 6. The number of nitrogens with zero attached hydrogens (tertiary/aromatic N) is 1. The van der Waals surface area contributed by atoms with Crippen LogP contribution in [0, 0.1) is 5.92 Å². The number of nitrogens with one attached hydrogen (secondary N) is 2. The Bertz CT molecular complexity index is 916. The van der Waals surface area contributed by atoms with Crippen LogP contribution in [0.4, 0.5) is 0 Å². The van der Waals surface area contributed by atoms with E-state index >= 15 is 0 Å². The molecule has 1 aliphatic carbocycles. The van der Waals surface area contributed by atoms with Crippen LogP contribution in [0.1, 0.15) is 52.8 Å². The van der Waals surface area contributed by atoms with E-state index in [0.717, 1.165) is 25.7 Å². The van der Waals surface area contributed by atoms with E-state index in [-0.39, 0.29) is 23.8 Å². The van der Waals surface area contributed by atoms with Gasteiger partial charge in [-0.15, -0.1) is 0 Å². The summed E-state index contributed by atoms with van der Waals surface area (Å²) in [7, 11) is 0. The monoisotopic (exact) mass is 419 g/mol. The molecule has 3 amide bonds. The molecule has 1 saturated carbocycles. The van der Waals surface area contributed by atoms with Gasteiger partial charge in [0.25, 0.3) is 11.8 Å². The van der Waals surface area contributed by atoms with Crippen LogP contribution >= 0.6 is 0 Å². The highest BCUT2D eigenvalue weighted by Crippen LogP contribution is 2.40. The molecule has 3 unspecified atom stereocenters. The van der Waals surface area contributed by atoms with E-state index in [4.69, 9.17) is 0 Å². The van der Waals surface area contributed by atoms with E-state index in [1.54, 1.807) is 12.1 Å². The standard InChI is InChI=1S/C25H29N3O3/c29-23(18-9-3-1-4-10-18)26-15-16-27-24(30)22-17-20-13-7-8-14-21(20)28(22)25(31)19-11-5-2-6-12-19/h1-6,9-12,20-22H,7-8,13-17H2,(H,26,29)(H,27,30). The second kappa shape index (κ2) is 9.77. The van der Waals surface area contributed by atoms with Gasteiger partial charge in [0.1, 0.15) is 6.04 Å². The molecule has 2 aliphatic rings. The highest BCUT2D eigenvalue weighted by atomic mass is 16.2. The third-order valence-corrected chi connectivity index (χ3v) is 6.39. The third-order valence-electron chi connectivity index (χ3n) is 6.39. The maximum absolute atomic E-state index is 13.3. The molecule has 0 aromatic heterocycles. The van der Waals surface area contributed by atoms with E-state index < -0.39 is 6.04 Å². The van der Waals surface area contributed by atoms with Gasteiger partial charge in [0.05, 0.1) is 0 Å². The lowest BCUT2D eigenvalue weighted by Gasteiger charge is -2.33. The zero-order chi connectivity index (χ0) is 21.6. The van der Waals surface area contributed by atoms with E-state index in [1.165, 1.54) is 0 Å². The average molecular weight is 420 g/mol. The summed E-state index contributed by atoms with van der Waals surface area (Å²) < 4.78 is 0. The molecule has 1 aliphatic heterocycles. The Hall–Kier alpha value is -3.15. The molecule has 2 aromatic carbocycles. The zero-order valence-electron chi connectivity index (χ0n) is 17.6. The Morgan fingerprint density at radius 2 is 1.42 bits per heavy atom. The molecule has 162 valence electrons. The fourth-order valence-electron chi connectivity index (χ4n) is 4.89. The average Bonchev–Trinajstić information content (AvgIpc) is 3.22. The van der Waals surface area contributed by atoms with Gasteiger partial charge in [-0.25, -0.2) is 0 Å². The van der Waals surface area contributed by atoms with Crippen molar-refractivity contribution in [2.75, 3.05) is 13.1 Å². The Morgan fingerprint density at radius 3 is 2.13 bits per heavy atom. The number of carbonyl (C=O) groups is 3. The number of carbonyl (C=O) groups excluding carboxylic acids is 3. The number of amides is 3. The van der Waals surface area contributed by atoms with Gasteiger partial charge < -0.3 is 15.5 Å². The molecule has 1 saturated heterocycles. The predicted molar refractivity (Wildman–Crippen MR) is 119 cm³/mol. The first-order chi connectivity index (χ1) is 15.1. The summed E-state index contributed by atoms with van der Waals surface area (Å²) >= 11 is 0. The largest absolute Gasteiger partial charge is 0.353 e. The Balaban J connectivity index is 1.37. The normalized spacial score (nSPS) is 22.5. The maximum atomic E-state index is 13.3. The van der Waals surface area contributed by atoms with E-state index in [1.807, 2.05) is 53.4 Å². The third kappa shape index (κ3) is 4.79. The SMILES string of the molecule is O=C(NCCNC(=O)C1CC2CCCCC2N1C(=O)c1ccccc1)c1ccccc1. The van der Waals surface area contributed by atoms with Gasteiger partial charge in [0, 0.05) is 30.3 Å². The van der Waals surface area contributed by atoms with Crippen LogP contribution in [0.2, 0.25) is 0 Å². The number of hydrogen-bond donors (Lipinski definition) is 2. The van der Waals surface area contributed by atoms with Crippen LogP contribution in [0.5, 0.6) is 0 Å². The maximum Gasteiger partial charge on any atom is 0.254 e.